The summed E-state index contributed by atoms with van der Waals surface area (Å²) >= 11 is 0. The molecule has 0 aliphatic heterocycles. The molecule has 0 amide bonds. The van der Waals surface area contributed by atoms with Gasteiger partial charge in [0.2, 0.25) is 0 Å². The van der Waals surface area contributed by atoms with E-state index in [1.807, 2.05) is 0 Å². The Hall–Kier alpha value is -0.613. The highest BCUT2D eigenvalue weighted by molar-refractivity contribution is 6.72. The van der Waals surface area contributed by atoms with Crippen molar-refractivity contribution in [2.24, 2.45) is 0 Å². The predicted molar refractivity (Wildman–Crippen MR) is 64.3 cm³/mol. The minimum Gasteiger partial charge on any atom is -0.463 e. The molecule has 0 aromatic heterocycles. The number of hydrogen-bond acceptors (Lipinski definition) is 3. The van der Waals surface area contributed by atoms with Gasteiger partial charge in [-0.2, -0.15) is 0 Å². The second kappa shape index (κ2) is 7.65. The first-order chi connectivity index (χ1) is 7.08. The van der Waals surface area contributed by atoms with Gasteiger partial charge in [-0.15, -0.1) is 0 Å². The van der Waals surface area contributed by atoms with E-state index < -0.39 is 8.32 Å². The van der Waals surface area contributed by atoms with Crippen LogP contribution in [0.4, 0.5) is 0 Å². The summed E-state index contributed by atoms with van der Waals surface area (Å²) in [5.41, 5.74) is 0. The number of carbonyl (C=O) groups excluding carboxylic acids is 1. The number of esters is 1. The molecule has 0 N–H and O–H groups in total. The molecule has 0 aliphatic rings. The number of carbonyl (C=O) groups is 1. The van der Waals surface area contributed by atoms with Crippen LogP contribution < -0.4 is 0 Å². The van der Waals surface area contributed by atoms with E-state index in [1.54, 1.807) is 7.11 Å². The molecule has 0 saturated heterocycles. The average Bonchev–Trinajstić information content (AvgIpc) is 2.24. The topological polar surface area (TPSA) is 35.5 Å². The van der Waals surface area contributed by atoms with Crippen LogP contribution >= 0.6 is 0 Å². The summed E-state index contributed by atoms with van der Waals surface area (Å²) in [6.07, 6.45) is 3.23. The van der Waals surface area contributed by atoms with Crippen molar-refractivity contribution in [3.05, 3.63) is 12.7 Å². The van der Waals surface area contributed by atoms with Crippen molar-refractivity contribution >= 4 is 14.3 Å². The molecular weight excluding hydrogens is 208 g/mol. The highest BCUT2D eigenvalue weighted by Crippen LogP contribution is 2.20. The van der Waals surface area contributed by atoms with Crippen molar-refractivity contribution in [2.75, 3.05) is 13.7 Å². The molecule has 0 aliphatic carbocycles. The van der Waals surface area contributed by atoms with Crippen LogP contribution in [0.2, 0.25) is 18.6 Å². The van der Waals surface area contributed by atoms with Crippen LogP contribution in [0.15, 0.2) is 12.7 Å². The highest BCUT2D eigenvalue weighted by Gasteiger charge is 2.25. The van der Waals surface area contributed by atoms with Crippen molar-refractivity contribution in [1.82, 2.24) is 0 Å². The third kappa shape index (κ3) is 6.46. The van der Waals surface area contributed by atoms with Crippen LogP contribution in [-0.4, -0.2) is 28.0 Å². The summed E-state index contributed by atoms with van der Waals surface area (Å²) in [5.74, 6) is -0.341. The van der Waals surface area contributed by atoms with E-state index in [-0.39, 0.29) is 5.97 Å². The van der Waals surface area contributed by atoms with Gasteiger partial charge in [-0.3, -0.25) is 0 Å². The second-order valence-corrected chi connectivity index (χ2v) is 8.19. The van der Waals surface area contributed by atoms with Crippen LogP contribution in [0.5, 0.6) is 0 Å². The zero-order chi connectivity index (χ0) is 11.7. The molecule has 0 aromatic carbocycles. The molecule has 0 rings (SSSR count). The standard InChI is InChI=1S/C11H22O3Si/c1-5-9-15(4,13-3)10-7-8-14-11(12)6-2/h6H,2,5,7-10H2,1,3-4H3. The van der Waals surface area contributed by atoms with E-state index in [4.69, 9.17) is 9.16 Å². The first-order valence-corrected chi connectivity index (χ1v) is 8.24. The molecule has 1 unspecified atom stereocenters. The lowest BCUT2D eigenvalue weighted by atomic mass is 10.5. The number of hydrogen-bond donors (Lipinski definition) is 0. The van der Waals surface area contributed by atoms with Gasteiger partial charge in [0.25, 0.3) is 0 Å². The largest absolute Gasteiger partial charge is 0.463 e. The van der Waals surface area contributed by atoms with Crippen molar-refractivity contribution < 1.29 is 14.0 Å². The first-order valence-electron chi connectivity index (χ1n) is 5.42. The smallest absolute Gasteiger partial charge is 0.330 e. The fourth-order valence-electron chi connectivity index (χ4n) is 1.54. The molecule has 15 heavy (non-hydrogen) atoms. The fourth-order valence-corrected chi connectivity index (χ4v) is 4.14. The van der Waals surface area contributed by atoms with E-state index in [1.165, 1.54) is 12.1 Å². The van der Waals surface area contributed by atoms with E-state index in [9.17, 15) is 4.79 Å². The predicted octanol–water partition coefficient (Wildman–Crippen LogP) is 2.74. The van der Waals surface area contributed by atoms with Crippen molar-refractivity contribution in [3.8, 4) is 0 Å². The maximum atomic E-state index is 10.8. The van der Waals surface area contributed by atoms with Crippen LogP contribution in [0.1, 0.15) is 19.8 Å². The minimum absolute atomic E-state index is 0.341. The molecule has 3 nitrogen and oxygen atoms in total. The molecule has 0 aromatic rings. The number of rotatable bonds is 8. The van der Waals surface area contributed by atoms with Crippen LogP contribution in [-0.2, 0) is 14.0 Å². The van der Waals surface area contributed by atoms with Crippen LogP contribution in [0.25, 0.3) is 0 Å². The Labute approximate surface area is 93.6 Å². The first kappa shape index (κ1) is 14.4. The van der Waals surface area contributed by atoms with Gasteiger partial charge in [0, 0.05) is 13.2 Å². The maximum Gasteiger partial charge on any atom is 0.330 e. The van der Waals surface area contributed by atoms with Gasteiger partial charge >= 0.3 is 5.97 Å². The van der Waals surface area contributed by atoms with Gasteiger partial charge in [-0.25, -0.2) is 4.79 Å². The van der Waals surface area contributed by atoms with Crippen LogP contribution in [0, 0.1) is 0 Å². The zero-order valence-corrected chi connectivity index (χ0v) is 11.0. The van der Waals surface area contributed by atoms with E-state index >= 15 is 0 Å². The fraction of sp³-hybridized carbons (Fsp3) is 0.727. The molecule has 0 heterocycles. The second-order valence-electron chi connectivity index (χ2n) is 3.88. The van der Waals surface area contributed by atoms with E-state index in [2.05, 4.69) is 20.0 Å². The Morgan fingerprint density at radius 3 is 2.60 bits per heavy atom. The van der Waals surface area contributed by atoms with Crippen molar-refractivity contribution in [2.45, 2.75) is 38.4 Å². The normalized spacial score (nSPS) is 14.3. The van der Waals surface area contributed by atoms with Gasteiger partial charge in [0.15, 0.2) is 8.32 Å². The summed E-state index contributed by atoms with van der Waals surface area (Å²) in [6, 6.07) is 2.21. The monoisotopic (exact) mass is 230 g/mol. The molecule has 0 saturated carbocycles. The van der Waals surface area contributed by atoms with Gasteiger partial charge in [0.05, 0.1) is 6.61 Å². The molecule has 88 valence electrons. The maximum absolute atomic E-state index is 10.8. The Balaban J connectivity index is 3.72. The average molecular weight is 230 g/mol. The van der Waals surface area contributed by atoms with Crippen molar-refractivity contribution in [3.63, 3.8) is 0 Å². The van der Waals surface area contributed by atoms with Gasteiger partial charge < -0.3 is 9.16 Å². The van der Waals surface area contributed by atoms with Gasteiger partial charge in [-0.1, -0.05) is 19.9 Å². The molecule has 4 heteroatoms. The molecular formula is C11H22O3Si. The Kier molecular flexibility index (Phi) is 7.34. The lowest BCUT2D eigenvalue weighted by molar-refractivity contribution is -0.137. The third-order valence-electron chi connectivity index (χ3n) is 2.53. The lowest BCUT2D eigenvalue weighted by Crippen LogP contribution is -2.32. The summed E-state index contributed by atoms with van der Waals surface area (Å²) in [6.45, 7) is 8.21. The molecule has 0 bridgehead atoms. The highest BCUT2D eigenvalue weighted by atomic mass is 28.4. The Morgan fingerprint density at radius 1 is 1.47 bits per heavy atom. The van der Waals surface area contributed by atoms with E-state index in [0.29, 0.717) is 6.61 Å². The Bertz CT molecular complexity index is 206. The minimum atomic E-state index is -1.52. The third-order valence-corrected chi connectivity index (χ3v) is 6.49. The summed E-state index contributed by atoms with van der Waals surface area (Å²) in [4.78, 5) is 10.8. The zero-order valence-electron chi connectivity index (χ0n) is 10.0. The summed E-state index contributed by atoms with van der Waals surface area (Å²) in [7, 11) is 0.267. The molecule has 0 fully saturated rings. The van der Waals surface area contributed by atoms with Gasteiger partial charge in [0.1, 0.15) is 0 Å². The summed E-state index contributed by atoms with van der Waals surface area (Å²) in [5, 5.41) is 0. The SMILES string of the molecule is C=CC(=O)OCCC[Si](C)(CCC)OC. The quantitative estimate of drug-likeness (QED) is 0.278. The molecule has 0 spiro atoms. The van der Waals surface area contributed by atoms with Crippen molar-refractivity contribution in [1.29, 1.82) is 0 Å². The lowest BCUT2D eigenvalue weighted by Gasteiger charge is -2.24. The molecule has 0 radical (unpaired) electrons. The van der Waals surface area contributed by atoms with Crippen LogP contribution in [0.3, 0.4) is 0 Å². The van der Waals surface area contributed by atoms with E-state index in [0.717, 1.165) is 18.9 Å². The Morgan fingerprint density at radius 2 is 2.13 bits per heavy atom. The molecule has 1 atom stereocenters. The summed E-state index contributed by atoms with van der Waals surface area (Å²) < 4.78 is 10.5. The number of ether oxygens (including phenoxy) is 1. The van der Waals surface area contributed by atoms with Gasteiger partial charge in [-0.05, 0) is 25.1 Å².